The number of pyridine rings is 1. The van der Waals surface area contributed by atoms with Crippen LogP contribution in [0.15, 0.2) is 71.9 Å². The minimum Gasteiger partial charge on any atom is -0.322 e. The number of rotatable bonds is 5. The molecule has 0 saturated heterocycles. The number of halogens is 1. The molecule has 27 heavy (non-hydrogen) atoms. The molecular formula is C19H16ClN3O3S. The zero-order valence-corrected chi connectivity index (χ0v) is 15.9. The van der Waals surface area contributed by atoms with Crippen LogP contribution in [0.25, 0.3) is 0 Å². The van der Waals surface area contributed by atoms with Gasteiger partial charge in [-0.25, -0.2) is 8.42 Å². The first-order valence-electron chi connectivity index (χ1n) is 7.95. The van der Waals surface area contributed by atoms with Crippen LogP contribution < -0.4 is 10.0 Å². The predicted octanol–water partition coefficient (Wildman–Crippen LogP) is 4.10. The number of anilines is 2. The summed E-state index contributed by atoms with van der Waals surface area (Å²) in [5.41, 5.74) is 1.75. The average Bonchev–Trinajstić information content (AvgIpc) is 2.65. The standard InChI is InChI=1S/C19H16ClN3O3S/c1-13-2-5-17(22-19(24)14-8-10-21-11-9-14)12-18(13)27(25,26)23-16-6-3-15(20)4-7-16/h2-12,23H,1H3,(H,22,24). The Morgan fingerprint density at radius 2 is 1.59 bits per heavy atom. The SMILES string of the molecule is Cc1ccc(NC(=O)c2ccncc2)cc1S(=O)(=O)Nc1ccc(Cl)cc1. The summed E-state index contributed by atoms with van der Waals surface area (Å²) in [6.45, 7) is 1.69. The lowest BCUT2D eigenvalue weighted by Crippen LogP contribution is -2.16. The fourth-order valence-corrected chi connectivity index (χ4v) is 3.86. The minimum absolute atomic E-state index is 0.0741. The number of nitrogens with one attached hydrogen (secondary N) is 2. The molecule has 3 rings (SSSR count). The third kappa shape index (κ3) is 4.64. The molecule has 0 fully saturated rings. The molecule has 0 aliphatic carbocycles. The van der Waals surface area contributed by atoms with Crippen LogP contribution >= 0.6 is 11.6 Å². The number of benzene rings is 2. The third-order valence-electron chi connectivity index (χ3n) is 3.77. The number of carbonyl (C=O) groups excluding carboxylic acids is 1. The first-order chi connectivity index (χ1) is 12.8. The molecule has 8 heteroatoms. The fourth-order valence-electron chi connectivity index (χ4n) is 2.40. The van der Waals surface area contributed by atoms with Crippen molar-refractivity contribution in [1.29, 1.82) is 0 Å². The quantitative estimate of drug-likeness (QED) is 0.673. The van der Waals surface area contributed by atoms with Gasteiger partial charge in [0, 0.05) is 34.4 Å². The second kappa shape index (κ2) is 7.77. The van der Waals surface area contributed by atoms with E-state index in [-0.39, 0.29) is 10.8 Å². The van der Waals surface area contributed by atoms with E-state index in [1.165, 1.54) is 18.5 Å². The lowest BCUT2D eigenvalue weighted by Gasteiger charge is -2.13. The maximum atomic E-state index is 12.8. The maximum absolute atomic E-state index is 12.8. The summed E-state index contributed by atoms with van der Waals surface area (Å²) >= 11 is 5.82. The predicted molar refractivity (Wildman–Crippen MR) is 106 cm³/mol. The van der Waals surface area contributed by atoms with E-state index in [2.05, 4.69) is 15.0 Å². The van der Waals surface area contributed by atoms with Gasteiger partial charge in [0.05, 0.1) is 4.90 Å². The van der Waals surface area contributed by atoms with Crippen LogP contribution in [-0.4, -0.2) is 19.3 Å². The van der Waals surface area contributed by atoms with Gasteiger partial charge in [-0.1, -0.05) is 17.7 Å². The van der Waals surface area contributed by atoms with Gasteiger partial charge in [-0.3, -0.25) is 14.5 Å². The molecule has 3 aromatic rings. The van der Waals surface area contributed by atoms with E-state index in [4.69, 9.17) is 11.6 Å². The summed E-state index contributed by atoms with van der Waals surface area (Å²) in [5.74, 6) is -0.352. The highest BCUT2D eigenvalue weighted by atomic mass is 35.5. The van der Waals surface area contributed by atoms with Crippen LogP contribution in [0.2, 0.25) is 5.02 Å². The molecular weight excluding hydrogens is 386 g/mol. The monoisotopic (exact) mass is 401 g/mol. The molecule has 0 radical (unpaired) electrons. The van der Waals surface area contributed by atoms with Gasteiger partial charge in [-0.05, 0) is 61.0 Å². The highest BCUT2D eigenvalue weighted by molar-refractivity contribution is 7.92. The minimum atomic E-state index is -3.83. The van der Waals surface area contributed by atoms with Gasteiger partial charge >= 0.3 is 0 Å². The molecule has 0 spiro atoms. The molecule has 0 aliphatic rings. The van der Waals surface area contributed by atoms with Crippen LogP contribution in [0.5, 0.6) is 0 Å². The first kappa shape index (κ1) is 18.9. The Morgan fingerprint density at radius 3 is 2.26 bits per heavy atom. The second-order valence-corrected chi connectivity index (χ2v) is 7.87. The highest BCUT2D eigenvalue weighted by Gasteiger charge is 2.18. The molecule has 0 saturated carbocycles. The average molecular weight is 402 g/mol. The molecule has 1 heterocycles. The number of hydrogen-bond acceptors (Lipinski definition) is 4. The van der Waals surface area contributed by atoms with Crippen LogP contribution in [0.1, 0.15) is 15.9 Å². The van der Waals surface area contributed by atoms with Crippen molar-refractivity contribution in [2.45, 2.75) is 11.8 Å². The van der Waals surface area contributed by atoms with Crippen molar-refractivity contribution in [2.24, 2.45) is 0 Å². The van der Waals surface area contributed by atoms with Gasteiger partial charge in [0.25, 0.3) is 15.9 Å². The maximum Gasteiger partial charge on any atom is 0.262 e. The summed E-state index contributed by atoms with van der Waals surface area (Å²) in [6.07, 6.45) is 3.02. The summed E-state index contributed by atoms with van der Waals surface area (Å²) in [5, 5.41) is 3.20. The molecule has 0 unspecified atom stereocenters. The molecule has 0 aliphatic heterocycles. The first-order valence-corrected chi connectivity index (χ1v) is 9.82. The Labute approximate surface area is 162 Å². The molecule has 138 valence electrons. The Hall–Kier alpha value is -2.90. The summed E-state index contributed by atoms with van der Waals surface area (Å²) in [6, 6.07) is 14.2. The van der Waals surface area contributed by atoms with E-state index >= 15 is 0 Å². The molecule has 2 aromatic carbocycles. The van der Waals surface area contributed by atoms with E-state index < -0.39 is 10.0 Å². The smallest absolute Gasteiger partial charge is 0.262 e. The summed E-state index contributed by atoms with van der Waals surface area (Å²) < 4.78 is 28.0. The zero-order chi connectivity index (χ0) is 19.4. The third-order valence-corrected chi connectivity index (χ3v) is 5.55. The number of aromatic nitrogens is 1. The van der Waals surface area contributed by atoms with E-state index in [1.54, 1.807) is 55.5 Å². The molecule has 1 aromatic heterocycles. The van der Waals surface area contributed by atoms with Gasteiger partial charge in [0.15, 0.2) is 0 Å². The zero-order valence-electron chi connectivity index (χ0n) is 14.3. The van der Waals surface area contributed by atoms with Crippen molar-refractivity contribution in [3.05, 3.63) is 83.1 Å². The van der Waals surface area contributed by atoms with Crippen molar-refractivity contribution in [2.75, 3.05) is 10.0 Å². The van der Waals surface area contributed by atoms with Crippen molar-refractivity contribution in [3.63, 3.8) is 0 Å². The Balaban J connectivity index is 1.86. The summed E-state index contributed by atoms with van der Waals surface area (Å²) in [7, 11) is -3.83. The van der Waals surface area contributed by atoms with Crippen LogP contribution in [0.3, 0.4) is 0 Å². The lowest BCUT2D eigenvalue weighted by molar-refractivity contribution is 0.102. The van der Waals surface area contributed by atoms with Gasteiger partial charge in [-0.15, -0.1) is 0 Å². The van der Waals surface area contributed by atoms with Crippen LogP contribution in [-0.2, 0) is 10.0 Å². The van der Waals surface area contributed by atoms with Crippen LogP contribution in [0, 0.1) is 6.92 Å². The van der Waals surface area contributed by atoms with Gasteiger partial charge in [0.2, 0.25) is 0 Å². The van der Waals surface area contributed by atoms with Crippen molar-refractivity contribution in [1.82, 2.24) is 4.98 Å². The number of nitrogens with zero attached hydrogens (tertiary/aromatic N) is 1. The molecule has 0 atom stereocenters. The second-order valence-electron chi connectivity index (χ2n) is 5.78. The summed E-state index contributed by atoms with van der Waals surface area (Å²) in [4.78, 5) is 16.2. The van der Waals surface area contributed by atoms with Gasteiger partial charge in [-0.2, -0.15) is 0 Å². The van der Waals surface area contributed by atoms with E-state index in [0.717, 1.165) is 0 Å². The number of hydrogen-bond donors (Lipinski definition) is 2. The van der Waals surface area contributed by atoms with E-state index in [1.807, 2.05) is 0 Å². The number of aryl methyl sites for hydroxylation is 1. The molecule has 2 N–H and O–H groups in total. The topological polar surface area (TPSA) is 88.2 Å². The van der Waals surface area contributed by atoms with Crippen molar-refractivity contribution in [3.8, 4) is 0 Å². The van der Waals surface area contributed by atoms with Crippen LogP contribution in [0.4, 0.5) is 11.4 Å². The van der Waals surface area contributed by atoms with E-state index in [9.17, 15) is 13.2 Å². The fraction of sp³-hybridized carbons (Fsp3) is 0.0526. The van der Waals surface area contributed by atoms with E-state index in [0.29, 0.717) is 27.5 Å². The molecule has 1 amide bonds. The number of sulfonamides is 1. The Morgan fingerprint density at radius 1 is 0.963 bits per heavy atom. The van der Waals surface area contributed by atoms with Crippen molar-refractivity contribution < 1.29 is 13.2 Å². The number of carbonyl (C=O) groups is 1. The Kier molecular flexibility index (Phi) is 5.43. The van der Waals surface area contributed by atoms with Gasteiger partial charge < -0.3 is 5.32 Å². The van der Waals surface area contributed by atoms with Crippen molar-refractivity contribution >= 4 is 38.9 Å². The van der Waals surface area contributed by atoms with Gasteiger partial charge in [0.1, 0.15) is 0 Å². The Bertz CT molecular complexity index is 1070. The number of amides is 1. The molecule has 6 nitrogen and oxygen atoms in total. The lowest BCUT2D eigenvalue weighted by atomic mass is 10.2. The largest absolute Gasteiger partial charge is 0.322 e. The molecule has 0 bridgehead atoms. The normalized spacial score (nSPS) is 11.0. The highest BCUT2D eigenvalue weighted by Crippen LogP contribution is 2.24.